The lowest BCUT2D eigenvalue weighted by molar-refractivity contribution is -0.121. The summed E-state index contributed by atoms with van der Waals surface area (Å²) < 4.78 is 5.80. The van der Waals surface area contributed by atoms with Crippen molar-refractivity contribution in [2.45, 2.75) is 32.4 Å². The second kappa shape index (κ2) is 11.7. The molecule has 1 saturated heterocycles. The van der Waals surface area contributed by atoms with Gasteiger partial charge in [-0.15, -0.1) is 0 Å². The molecule has 0 spiro atoms. The maximum atomic E-state index is 12.7. The lowest BCUT2D eigenvalue weighted by Gasteiger charge is -2.37. The van der Waals surface area contributed by atoms with Crippen molar-refractivity contribution >= 4 is 11.6 Å². The lowest BCUT2D eigenvalue weighted by Crippen LogP contribution is -2.52. The van der Waals surface area contributed by atoms with E-state index in [0.29, 0.717) is 6.61 Å². The first-order valence-electron chi connectivity index (χ1n) is 10.8. The third kappa shape index (κ3) is 6.83. The van der Waals surface area contributed by atoms with Crippen LogP contribution in [-0.2, 0) is 11.4 Å². The molecule has 2 aromatic carbocycles. The molecule has 0 aromatic heterocycles. The van der Waals surface area contributed by atoms with Crippen LogP contribution in [0.1, 0.15) is 25.3 Å². The Morgan fingerprint density at radius 2 is 1.73 bits per heavy atom. The Bertz CT molecular complexity index is 759. The average Bonchev–Trinajstić information content (AvgIpc) is 2.79. The molecule has 3 rings (SSSR count). The summed E-state index contributed by atoms with van der Waals surface area (Å²) in [7, 11) is 0. The van der Waals surface area contributed by atoms with Crippen LogP contribution in [0.25, 0.3) is 0 Å². The molecule has 30 heavy (non-hydrogen) atoms. The second-order valence-electron chi connectivity index (χ2n) is 7.77. The van der Waals surface area contributed by atoms with Crippen LogP contribution >= 0.6 is 0 Å². The zero-order valence-corrected chi connectivity index (χ0v) is 17.8. The van der Waals surface area contributed by atoms with E-state index in [1.165, 1.54) is 0 Å². The van der Waals surface area contributed by atoms with E-state index in [0.717, 1.165) is 62.6 Å². The van der Waals surface area contributed by atoms with E-state index in [9.17, 15) is 4.79 Å². The fraction of sp³-hybridized carbons (Fsp3) is 0.458. The number of aliphatic hydroxyl groups is 1. The van der Waals surface area contributed by atoms with E-state index in [4.69, 9.17) is 9.84 Å². The van der Waals surface area contributed by atoms with Crippen molar-refractivity contribution in [3.8, 4) is 5.75 Å². The smallest absolute Gasteiger partial charge is 0.241 e. The quantitative estimate of drug-likeness (QED) is 0.589. The van der Waals surface area contributed by atoms with E-state index >= 15 is 0 Å². The van der Waals surface area contributed by atoms with Gasteiger partial charge in [0, 0.05) is 38.5 Å². The molecule has 1 fully saturated rings. The van der Waals surface area contributed by atoms with Crippen LogP contribution in [0.3, 0.4) is 0 Å². The molecule has 0 saturated carbocycles. The van der Waals surface area contributed by atoms with Crippen molar-refractivity contribution in [2.24, 2.45) is 0 Å². The van der Waals surface area contributed by atoms with Crippen LogP contribution < -0.4 is 10.1 Å². The van der Waals surface area contributed by atoms with Gasteiger partial charge >= 0.3 is 0 Å². The highest BCUT2D eigenvalue weighted by atomic mass is 16.5. The van der Waals surface area contributed by atoms with E-state index in [1.807, 2.05) is 61.5 Å². The SMILES string of the molecule is C[C@H](C(=O)Nc1ccc(OCc2ccccc2)cc1)N1CCN(CCCCO)CC1. The summed E-state index contributed by atoms with van der Waals surface area (Å²) >= 11 is 0. The number of aliphatic hydroxyl groups excluding tert-OH is 1. The highest BCUT2D eigenvalue weighted by molar-refractivity contribution is 5.94. The summed E-state index contributed by atoms with van der Waals surface area (Å²) in [4.78, 5) is 17.3. The molecule has 0 aliphatic carbocycles. The summed E-state index contributed by atoms with van der Waals surface area (Å²) in [5, 5.41) is 11.9. The third-order valence-electron chi connectivity index (χ3n) is 5.59. The van der Waals surface area contributed by atoms with E-state index in [1.54, 1.807) is 0 Å². The van der Waals surface area contributed by atoms with Gasteiger partial charge in [0.1, 0.15) is 12.4 Å². The van der Waals surface area contributed by atoms with Gasteiger partial charge in [0.15, 0.2) is 0 Å². The number of benzene rings is 2. The minimum atomic E-state index is -0.168. The zero-order valence-electron chi connectivity index (χ0n) is 17.8. The van der Waals surface area contributed by atoms with Gasteiger partial charge in [-0.1, -0.05) is 30.3 Å². The largest absolute Gasteiger partial charge is 0.489 e. The number of carbonyl (C=O) groups excluding carboxylic acids is 1. The molecule has 0 bridgehead atoms. The molecule has 2 N–H and O–H groups in total. The number of amides is 1. The van der Waals surface area contributed by atoms with Crippen LogP contribution in [0.2, 0.25) is 0 Å². The summed E-state index contributed by atoms with van der Waals surface area (Å²) in [6, 6.07) is 17.4. The van der Waals surface area contributed by atoms with Crippen LogP contribution in [0, 0.1) is 0 Å². The molecule has 1 aliphatic heterocycles. The zero-order chi connectivity index (χ0) is 21.2. The van der Waals surface area contributed by atoms with Crippen molar-refractivity contribution in [3.05, 3.63) is 60.2 Å². The molecule has 2 aromatic rings. The molecule has 0 radical (unpaired) electrons. The van der Waals surface area contributed by atoms with Gasteiger partial charge in [0.05, 0.1) is 6.04 Å². The maximum absolute atomic E-state index is 12.7. The molecular formula is C24H33N3O3. The highest BCUT2D eigenvalue weighted by Gasteiger charge is 2.25. The maximum Gasteiger partial charge on any atom is 0.241 e. The molecule has 0 unspecified atom stereocenters. The van der Waals surface area contributed by atoms with Crippen molar-refractivity contribution in [2.75, 3.05) is 44.6 Å². The van der Waals surface area contributed by atoms with Crippen LogP contribution in [0.5, 0.6) is 5.75 Å². The van der Waals surface area contributed by atoms with E-state index in [-0.39, 0.29) is 18.6 Å². The van der Waals surface area contributed by atoms with Gasteiger partial charge in [-0.05, 0) is 56.1 Å². The van der Waals surface area contributed by atoms with Crippen molar-refractivity contribution in [3.63, 3.8) is 0 Å². The van der Waals surface area contributed by atoms with E-state index < -0.39 is 0 Å². The summed E-state index contributed by atoms with van der Waals surface area (Å²) in [5.41, 5.74) is 1.90. The fourth-order valence-electron chi connectivity index (χ4n) is 3.61. The van der Waals surface area contributed by atoms with Gasteiger partial charge in [-0.2, -0.15) is 0 Å². The topological polar surface area (TPSA) is 65.0 Å². The van der Waals surface area contributed by atoms with Crippen molar-refractivity contribution in [1.82, 2.24) is 9.80 Å². The number of nitrogens with zero attached hydrogens (tertiary/aromatic N) is 2. The Balaban J connectivity index is 1.41. The van der Waals surface area contributed by atoms with Crippen LogP contribution in [0.4, 0.5) is 5.69 Å². The molecule has 1 amide bonds. The Labute approximate surface area is 179 Å². The van der Waals surface area contributed by atoms with Gasteiger partial charge in [-0.3, -0.25) is 9.69 Å². The first-order valence-corrected chi connectivity index (χ1v) is 10.8. The fourth-order valence-corrected chi connectivity index (χ4v) is 3.61. The summed E-state index contributed by atoms with van der Waals surface area (Å²) in [6.07, 6.45) is 1.88. The standard InChI is InChI=1S/C24H33N3O3/c1-20(27-16-14-26(15-17-27)13-5-6-18-28)24(29)25-22-9-11-23(12-10-22)30-19-21-7-3-2-4-8-21/h2-4,7-12,20,28H,5-6,13-19H2,1H3,(H,25,29)/t20-/m1/s1. The van der Waals surface area contributed by atoms with Crippen molar-refractivity contribution in [1.29, 1.82) is 0 Å². The molecule has 6 heteroatoms. The lowest BCUT2D eigenvalue weighted by atomic mass is 10.2. The Morgan fingerprint density at radius 3 is 2.40 bits per heavy atom. The minimum absolute atomic E-state index is 0.0154. The van der Waals surface area contributed by atoms with Crippen molar-refractivity contribution < 1.29 is 14.6 Å². The summed E-state index contributed by atoms with van der Waals surface area (Å²) in [5.74, 6) is 0.795. The van der Waals surface area contributed by atoms with Crippen LogP contribution in [0.15, 0.2) is 54.6 Å². The number of hydrogen-bond acceptors (Lipinski definition) is 5. The summed E-state index contributed by atoms with van der Waals surface area (Å²) in [6.45, 7) is 7.49. The third-order valence-corrected chi connectivity index (χ3v) is 5.59. The Kier molecular flexibility index (Phi) is 8.68. The average molecular weight is 412 g/mol. The van der Waals surface area contributed by atoms with Gasteiger partial charge in [0.25, 0.3) is 0 Å². The highest BCUT2D eigenvalue weighted by Crippen LogP contribution is 2.18. The second-order valence-corrected chi connectivity index (χ2v) is 7.77. The number of anilines is 1. The first kappa shape index (κ1) is 22.3. The molecule has 1 aliphatic rings. The minimum Gasteiger partial charge on any atom is -0.489 e. The number of rotatable bonds is 10. The molecule has 1 heterocycles. The molecule has 1 atom stereocenters. The van der Waals surface area contributed by atoms with Gasteiger partial charge in [0.2, 0.25) is 5.91 Å². The molecule has 6 nitrogen and oxygen atoms in total. The van der Waals surface area contributed by atoms with Crippen LogP contribution in [-0.4, -0.2) is 66.2 Å². The monoisotopic (exact) mass is 411 g/mol. The number of nitrogens with one attached hydrogen (secondary N) is 1. The normalized spacial score (nSPS) is 16.2. The number of unbranched alkanes of at least 4 members (excludes halogenated alkanes) is 1. The molecule has 162 valence electrons. The number of ether oxygens (including phenoxy) is 1. The number of piperazine rings is 1. The predicted molar refractivity (Wildman–Crippen MR) is 120 cm³/mol. The predicted octanol–water partition coefficient (Wildman–Crippen LogP) is 2.98. The van der Waals surface area contributed by atoms with E-state index in [2.05, 4.69) is 15.1 Å². The van der Waals surface area contributed by atoms with Gasteiger partial charge in [-0.25, -0.2) is 0 Å². The Hall–Kier alpha value is -2.41. The first-order chi connectivity index (χ1) is 14.7. The molecular weight excluding hydrogens is 378 g/mol. The Morgan fingerprint density at radius 1 is 1.03 bits per heavy atom. The number of carbonyl (C=O) groups is 1. The van der Waals surface area contributed by atoms with Gasteiger partial charge < -0.3 is 20.1 Å². The number of hydrogen-bond donors (Lipinski definition) is 2.